The Bertz CT molecular complexity index is 205. The van der Waals surface area contributed by atoms with Gasteiger partial charge in [0.25, 0.3) is 0 Å². The van der Waals surface area contributed by atoms with Crippen LogP contribution in [0, 0.1) is 0 Å². The lowest BCUT2D eigenvalue weighted by atomic mass is 10.6. The predicted molar refractivity (Wildman–Crippen MR) is 32.5 cm³/mol. The minimum Gasteiger partial charge on any atom is -0.290 e. The van der Waals surface area contributed by atoms with E-state index in [1.54, 1.807) is 0 Å². The molecule has 0 aliphatic heterocycles. The summed E-state index contributed by atoms with van der Waals surface area (Å²) >= 11 is 5.35. The first-order valence-corrected chi connectivity index (χ1v) is 2.59. The number of halogens is 1. The zero-order chi connectivity index (χ0) is 6.69. The number of hydrogen-bond acceptors (Lipinski definition) is 4. The lowest BCUT2D eigenvalue weighted by molar-refractivity contribution is 0.386. The SMILES string of the molecule is ONc1ccnc(Cl)n1. The second-order valence-corrected chi connectivity index (χ2v) is 1.66. The largest absolute Gasteiger partial charge is 0.290 e. The molecular formula is C4H4ClN3O. The molecule has 1 rings (SSSR count). The third-order valence-corrected chi connectivity index (χ3v) is 0.923. The first-order valence-electron chi connectivity index (χ1n) is 2.21. The molecule has 2 N–H and O–H groups in total. The van der Waals surface area contributed by atoms with Gasteiger partial charge in [0, 0.05) is 12.3 Å². The summed E-state index contributed by atoms with van der Waals surface area (Å²) in [6, 6.07) is 1.49. The molecule has 0 atom stereocenters. The number of rotatable bonds is 1. The second kappa shape index (κ2) is 2.61. The van der Waals surface area contributed by atoms with E-state index in [9.17, 15) is 0 Å². The van der Waals surface area contributed by atoms with Gasteiger partial charge in [0.1, 0.15) is 0 Å². The Hall–Kier alpha value is -0.870. The van der Waals surface area contributed by atoms with Crippen molar-refractivity contribution >= 4 is 17.4 Å². The van der Waals surface area contributed by atoms with E-state index in [1.807, 2.05) is 5.48 Å². The van der Waals surface area contributed by atoms with Gasteiger partial charge in [0.15, 0.2) is 5.82 Å². The Kier molecular flexibility index (Phi) is 1.81. The average Bonchev–Trinajstić information content (AvgIpc) is 1.88. The quantitative estimate of drug-likeness (QED) is 0.456. The molecule has 0 spiro atoms. The van der Waals surface area contributed by atoms with Crippen LogP contribution in [0.2, 0.25) is 5.28 Å². The third-order valence-electron chi connectivity index (χ3n) is 0.741. The summed E-state index contributed by atoms with van der Waals surface area (Å²) in [6.07, 6.45) is 1.44. The molecule has 4 nitrogen and oxygen atoms in total. The second-order valence-electron chi connectivity index (χ2n) is 1.32. The van der Waals surface area contributed by atoms with Gasteiger partial charge in [-0.3, -0.25) is 10.7 Å². The van der Waals surface area contributed by atoms with Gasteiger partial charge in [-0.25, -0.2) is 4.98 Å². The normalized spacial score (nSPS) is 9.11. The zero-order valence-corrected chi connectivity index (χ0v) is 5.13. The fraction of sp³-hybridized carbons (Fsp3) is 0. The fourth-order valence-corrected chi connectivity index (χ4v) is 0.545. The average molecular weight is 146 g/mol. The molecule has 0 aromatic carbocycles. The van der Waals surface area contributed by atoms with Crippen molar-refractivity contribution in [2.75, 3.05) is 5.48 Å². The van der Waals surface area contributed by atoms with Crippen molar-refractivity contribution in [1.82, 2.24) is 9.97 Å². The Labute approximate surface area is 56.5 Å². The molecule has 0 saturated heterocycles. The minimum absolute atomic E-state index is 0.106. The van der Waals surface area contributed by atoms with Gasteiger partial charge in [0.2, 0.25) is 5.28 Å². The molecule has 48 valence electrons. The van der Waals surface area contributed by atoms with Crippen LogP contribution in [-0.4, -0.2) is 15.2 Å². The number of nitrogens with one attached hydrogen (secondary N) is 1. The van der Waals surface area contributed by atoms with E-state index in [1.165, 1.54) is 12.3 Å². The molecule has 0 unspecified atom stereocenters. The van der Waals surface area contributed by atoms with Gasteiger partial charge < -0.3 is 0 Å². The maximum absolute atomic E-state index is 8.26. The summed E-state index contributed by atoms with van der Waals surface area (Å²) < 4.78 is 0. The maximum Gasteiger partial charge on any atom is 0.224 e. The summed E-state index contributed by atoms with van der Waals surface area (Å²) in [7, 11) is 0. The van der Waals surface area contributed by atoms with Crippen LogP contribution >= 0.6 is 11.6 Å². The summed E-state index contributed by atoms with van der Waals surface area (Å²) in [6.45, 7) is 0. The van der Waals surface area contributed by atoms with E-state index in [-0.39, 0.29) is 11.1 Å². The summed E-state index contributed by atoms with van der Waals surface area (Å²) in [5.74, 6) is 0.287. The zero-order valence-electron chi connectivity index (χ0n) is 4.37. The molecule has 1 heterocycles. The van der Waals surface area contributed by atoms with Crippen LogP contribution < -0.4 is 5.48 Å². The van der Waals surface area contributed by atoms with Crippen LogP contribution in [0.3, 0.4) is 0 Å². The van der Waals surface area contributed by atoms with E-state index in [4.69, 9.17) is 16.8 Å². The molecule has 1 aromatic rings. The van der Waals surface area contributed by atoms with Crippen molar-refractivity contribution < 1.29 is 5.21 Å². The topological polar surface area (TPSA) is 58.0 Å². The highest BCUT2D eigenvalue weighted by Crippen LogP contribution is 2.03. The van der Waals surface area contributed by atoms with Crippen LogP contribution in [0.25, 0.3) is 0 Å². The number of anilines is 1. The molecular weight excluding hydrogens is 142 g/mol. The molecule has 1 aromatic heterocycles. The summed E-state index contributed by atoms with van der Waals surface area (Å²) in [5.41, 5.74) is 1.83. The molecule has 0 aliphatic carbocycles. The van der Waals surface area contributed by atoms with Gasteiger partial charge in [-0.15, -0.1) is 0 Å². The van der Waals surface area contributed by atoms with Crippen molar-refractivity contribution in [3.8, 4) is 0 Å². The molecule has 0 amide bonds. The van der Waals surface area contributed by atoms with Gasteiger partial charge in [0.05, 0.1) is 0 Å². The minimum atomic E-state index is 0.106. The van der Waals surface area contributed by atoms with E-state index in [0.29, 0.717) is 0 Å². The van der Waals surface area contributed by atoms with Crippen LogP contribution in [0.5, 0.6) is 0 Å². The van der Waals surface area contributed by atoms with Gasteiger partial charge in [-0.05, 0) is 11.6 Å². The Morgan fingerprint density at radius 2 is 2.44 bits per heavy atom. The first-order chi connectivity index (χ1) is 4.33. The van der Waals surface area contributed by atoms with Crippen molar-refractivity contribution in [1.29, 1.82) is 0 Å². The van der Waals surface area contributed by atoms with Crippen LogP contribution in [-0.2, 0) is 0 Å². The van der Waals surface area contributed by atoms with E-state index in [2.05, 4.69) is 9.97 Å². The summed E-state index contributed by atoms with van der Waals surface area (Å²) in [4.78, 5) is 7.18. The molecule has 0 saturated carbocycles. The third kappa shape index (κ3) is 1.51. The standard InChI is InChI=1S/C4H4ClN3O/c5-4-6-2-1-3(7-4)8-9/h1-2,9H,(H,6,7,8). The van der Waals surface area contributed by atoms with Gasteiger partial charge in [-0.1, -0.05) is 0 Å². The number of nitrogens with zero attached hydrogens (tertiary/aromatic N) is 2. The van der Waals surface area contributed by atoms with Crippen LogP contribution in [0.1, 0.15) is 0 Å². The molecule has 0 bridgehead atoms. The van der Waals surface area contributed by atoms with Crippen molar-refractivity contribution in [3.63, 3.8) is 0 Å². The maximum atomic E-state index is 8.26. The smallest absolute Gasteiger partial charge is 0.224 e. The summed E-state index contributed by atoms with van der Waals surface area (Å²) in [5, 5.41) is 8.37. The van der Waals surface area contributed by atoms with Crippen molar-refractivity contribution in [2.24, 2.45) is 0 Å². The monoisotopic (exact) mass is 145 g/mol. The van der Waals surface area contributed by atoms with Gasteiger partial charge >= 0.3 is 0 Å². The van der Waals surface area contributed by atoms with Crippen LogP contribution in [0.4, 0.5) is 5.82 Å². The van der Waals surface area contributed by atoms with E-state index in [0.717, 1.165) is 0 Å². The molecule has 0 fully saturated rings. The van der Waals surface area contributed by atoms with Crippen molar-refractivity contribution in [2.45, 2.75) is 0 Å². The molecule has 5 heteroatoms. The van der Waals surface area contributed by atoms with Gasteiger partial charge in [-0.2, -0.15) is 4.98 Å². The van der Waals surface area contributed by atoms with Crippen LogP contribution in [0.15, 0.2) is 12.3 Å². The Balaban J connectivity index is 2.94. The first kappa shape index (κ1) is 6.25. The highest BCUT2D eigenvalue weighted by molar-refractivity contribution is 6.28. The Morgan fingerprint density at radius 1 is 1.67 bits per heavy atom. The van der Waals surface area contributed by atoms with E-state index >= 15 is 0 Å². The molecule has 0 radical (unpaired) electrons. The lowest BCUT2D eigenvalue weighted by Gasteiger charge is -1.93. The van der Waals surface area contributed by atoms with E-state index < -0.39 is 0 Å². The highest BCUT2D eigenvalue weighted by atomic mass is 35.5. The molecule has 0 aliphatic rings. The fourth-order valence-electron chi connectivity index (χ4n) is 0.397. The lowest BCUT2D eigenvalue weighted by Crippen LogP contribution is -1.92. The predicted octanol–water partition coefficient (Wildman–Crippen LogP) is 0.931. The van der Waals surface area contributed by atoms with Crippen molar-refractivity contribution in [3.05, 3.63) is 17.5 Å². The number of hydrogen-bond donors (Lipinski definition) is 2. The number of aromatic nitrogens is 2. The molecule has 9 heavy (non-hydrogen) atoms. The highest BCUT2D eigenvalue weighted by Gasteiger charge is 1.90. The Morgan fingerprint density at radius 3 is 2.89 bits per heavy atom.